The average molecular weight is 274 g/mol. The second-order valence-corrected chi connectivity index (χ2v) is 6.52. The fraction of sp³-hybridized carbons (Fsp3) is 0.636. The van der Waals surface area contributed by atoms with Crippen LogP contribution < -0.4 is 5.73 Å². The van der Waals surface area contributed by atoms with E-state index in [1.54, 1.807) is 11.3 Å². The fourth-order valence-corrected chi connectivity index (χ4v) is 3.56. The van der Waals surface area contributed by atoms with Crippen LogP contribution in [0.1, 0.15) is 48.7 Å². The van der Waals surface area contributed by atoms with Crippen molar-refractivity contribution in [2.75, 3.05) is 5.75 Å². The van der Waals surface area contributed by atoms with E-state index >= 15 is 0 Å². The van der Waals surface area contributed by atoms with Crippen molar-refractivity contribution < 1.29 is 0 Å². The van der Waals surface area contributed by atoms with Crippen LogP contribution in [-0.4, -0.2) is 15.7 Å². The molecule has 0 saturated heterocycles. The summed E-state index contributed by atoms with van der Waals surface area (Å²) >= 11 is 8.62. The van der Waals surface area contributed by atoms with Crippen LogP contribution in [0.2, 0.25) is 0 Å². The van der Waals surface area contributed by atoms with Crippen molar-refractivity contribution in [2.45, 2.75) is 38.9 Å². The van der Waals surface area contributed by atoms with Gasteiger partial charge >= 0.3 is 0 Å². The maximum atomic E-state index is 5.72. The smallest absolute Gasteiger partial charge is 0.116 e. The van der Waals surface area contributed by atoms with Crippen molar-refractivity contribution >= 4 is 40.3 Å². The summed E-state index contributed by atoms with van der Waals surface area (Å²) in [7, 11) is 0. The summed E-state index contributed by atoms with van der Waals surface area (Å²) in [5.41, 5.74) is 6.78. The molecule has 90 valence electrons. The van der Waals surface area contributed by atoms with Gasteiger partial charge in [0.05, 0.1) is 10.6 Å². The van der Waals surface area contributed by atoms with Crippen LogP contribution in [-0.2, 0) is 5.75 Å². The number of hydrogen-bond donors (Lipinski definition) is 1. The molecule has 2 nitrogen and oxygen atoms in total. The number of rotatable bonds is 6. The Hall–Kier alpha value is -0.130. The highest BCUT2D eigenvalue weighted by Crippen LogP contribution is 2.27. The van der Waals surface area contributed by atoms with E-state index in [-0.39, 0.29) is 0 Å². The number of thiocarbonyl (C=S) groups is 1. The summed E-state index contributed by atoms with van der Waals surface area (Å²) in [6, 6.07) is 0. The van der Waals surface area contributed by atoms with E-state index in [1.165, 1.54) is 12.2 Å². The Kier molecular flexibility index (Phi) is 5.72. The second-order valence-electron chi connectivity index (χ2n) is 3.89. The Morgan fingerprint density at radius 2 is 2.25 bits per heavy atom. The Balaban J connectivity index is 2.80. The van der Waals surface area contributed by atoms with Gasteiger partial charge in [-0.2, -0.15) is 11.8 Å². The van der Waals surface area contributed by atoms with Gasteiger partial charge in [0.25, 0.3) is 0 Å². The van der Waals surface area contributed by atoms with Crippen LogP contribution in [0, 0.1) is 0 Å². The van der Waals surface area contributed by atoms with Crippen molar-refractivity contribution in [1.82, 2.24) is 4.98 Å². The van der Waals surface area contributed by atoms with E-state index in [9.17, 15) is 0 Å². The van der Waals surface area contributed by atoms with Gasteiger partial charge in [0.2, 0.25) is 0 Å². The molecule has 0 aromatic carbocycles. The van der Waals surface area contributed by atoms with E-state index in [0.29, 0.717) is 10.9 Å². The van der Waals surface area contributed by atoms with Crippen LogP contribution >= 0.6 is 35.3 Å². The van der Waals surface area contributed by atoms with Gasteiger partial charge < -0.3 is 5.73 Å². The van der Waals surface area contributed by atoms with Crippen LogP contribution in [0.25, 0.3) is 0 Å². The van der Waals surface area contributed by atoms with Crippen molar-refractivity contribution in [1.29, 1.82) is 0 Å². The molecule has 1 aromatic rings. The van der Waals surface area contributed by atoms with Gasteiger partial charge in [-0.3, -0.25) is 0 Å². The Bertz CT molecular complexity index is 358. The lowest BCUT2D eigenvalue weighted by Gasteiger charge is -2.02. The summed E-state index contributed by atoms with van der Waals surface area (Å²) < 4.78 is 0. The lowest BCUT2D eigenvalue weighted by atomic mass is 10.1. The number of thiazole rings is 1. The SMILES string of the molecule is CCCSCc1nc(C(C)C)c(C(N)=S)s1. The van der Waals surface area contributed by atoms with Crippen molar-refractivity contribution in [3.05, 3.63) is 15.6 Å². The molecule has 0 fully saturated rings. The van der Waals surface area contributed by atoms with Crippen LogP contribution in [0.4, 0.5) is 0 Å². The molecule has 1 rings (SSSR count). The summed E-state index contributed by atoms with van der Waals surface area (Å²) in [6.45, 7) is 6.44. The molecule has 0 aliphatic carbocycles. The highest BCUT2D eigenvalue weighted by Gasteiger charge is 2.15. The van der Waals surface area contributed by atoms with Crippen molar-refractivity contribution in [3.8, 4) is 0 Å². The first kappa shape index (κ1) is 13.9. The Morgan fingerprint density at radius 3 is 2.69 bits per heavy atom. The minimum Gasteiger partial charge on any atom is -0.389 e. The van der Waals surface area contributed by atoms with E-state index < -0.39 is 0 Å². The van der Waals surface area contributed by atoms with Crippen LogP contribution in [0.5, 0.6) is 0 Å². The van der Waals surface area contributed by atoms with Gasteiger partial charge in [-0.05, 0) is 18.1 Å². The molecule has 0 aliphatic rings. The molecule has 0 atom stereocenters. The lowest BCUT2D eigenvalue weighted by molar-refractivity contribution is 0.826. The average Bonchev–Trinajstić information content (AvgIpc) is 2.62. The zero-order chi connectivity index (χ0) is 12.1. The molecule has 2 N–H and O–H groups in total. The van der Waals surface area contributed by atoms with Crippen LogP contribution in [0.3, 0.4) is 0 Å². The maximum Gasteiger partial charge on any atom is 0.116 e. The van der Waals surface area contributed by atoms with Gasteiger partial charge in [-0.15, -0.1) is 11.3 Å². The first-order chi connectivity index (χ1) is 7.56. The Morgan fingerprint density at radius 1 is 1.56 bits per heavy atom. The number of thioether (sulfide) groups is 1. The highest BCUT2D eigenvalue weighted by molar-refractivity contribution is 7.98. The summed E-state index contributed by atoms with van der Waals surface area (Å²) in [5, 5.41) is 1.14. The fourth-order valence-electron chi connectivity index (χ4n) is 1.31. The molecule has 0 amide bonds. The first-order valence-electron chi connectivity index (χ1n) is 5.43. The molecular weight excluding hydrogens is 256 g/mol. The summed E-state index contributed by atoms with van der Waals surface area (Å²) in [5.74, 6) is 2.54. The predicted octanol–water partition coefficient (Wildman–Crippen LogP) is 3.54. The molecular formula is C11H18N2S3. The largest absolute Gasteiger partial charge is 0.389 e. The molecule has 5 heteroatoms. The zero-order valence-electron chi connectivity index (χ0n) is 9.95. The molecule has 0 spiro atoms. The quantitative estimate of drug-likeness (QED) is 0.636. The minimum atomic E-state index is 0.387. The minimum absolute atomic E-state index is 0.387. The summed E-state index contributed by atoms with van der Waals surface area (Å²) in [6.07, 6.45) is 1.20. The molecule has 0 radical (unpaired) electrons. The molecule has 0 aliphatic heterocycles. The molecule has 0 unspecified atom stereocenters. The van der Waals surface area contributed by atoms with E-state index in [4.69, 9.17) is 18.0 Å². The number of aromatic nitrogens is 1. The van der Waals surface area contributed by atoms with Crippen molar-refractivity contribution in [3.63, 3.8) is 0 Å². The molecule has 0 bridgehead atoms. The van der Waals surface area contributed by atoms with Gasteiger partial charge in [-0.1, -0.05) is 33.0 Å². The van der Waals surface area contributed by atoms with E-state index in [1.807, 2.05) is 11.8 Å². The molecule has 1 aromatic heterocycles. The number of hydrogen-bond acceptors (Lipinski definition) is 4. The van der Waals surface area contributed by atoms with Gasteiger partial charge in [0.1, 0.15) is 10.00 Å². The third-order valence-electron chi connectivity index (χ3n) is 2.04. The third kappa shape index (κ3) is 3.71. The molecule has 16 heavy (non-hydrogen) atoms. The zero-order valence-corrected chi connectivity index (χ0v) is 12.4. The second kappa shape index (κ2) is 6.57. The predicted molar refractivity (Wildman–Crippen MR) is 78.5 cm³/mol. The first-order valence-corrected chi connectivity index (χ1v) is 7.81. The molecule has 1 heterocycles. The third-order valence-corrected chi connectivity index (χ3v) is 4.84. The summed E-state index contributed by atoms with van der Waals surface area (Å²) in [4.78, 5) is 6.11. The van der Waals surface area contributed by atoms with Gasteiger partial charge in [0, 0.05) is 5.75 Å². The number of nitrogens with two attached hydrogens (primary N) is 1. The Labute approximate surface area is 111 Å². The van der Waals surface area contributed by atoms with Gasteiger partial charge in [0.15, 0.2) is 0 Å². The normalized spacial score (nSPS) is 11.0. The highest BCUT2D eigenvalue weighted by atomic mass is 32.2. The van der Waals surface area contributed by atoms with Crippen LogP contribution in [0.15, 0.2) is 0 Å². The maximum absolute atomic E-state index is 5.72. The number of nitrogens with zero attached hydrogens (tertiary/aromatic N) is 1. The lowest BCUT2D eigenvalue weighted by Crippen LogP contribution is -2.10. The monoisotopic (exact) mass is 274 g/mol. The van der Waals surface area contributed by atoms with E-state index in [0.717, 1.165) is 21.3 Å². The van der Waals surface area contributed by atoms with Gasteiger partial charge in [-0.25, -0.2) is 4.98 Å². The molecule has 0 saturated carbocycles. The topological polar surface area (TPSA) is 38.9 Å². The van der Waals surface area contributed by atoms with Crippen molar-refractivity contribution in [2.24, 2.45) is 5.73 Å². The standard InChI is InChI=1S/C11H18N2S3/c1-4-5-15-6-8-13-9(7(2)3)10(16-8)11(12)14/h7H,4-6H2,1-3H3,(H2,12,14). The van der Waals surface area contributed by atoms with E-state index in [2.05, 4.69) is 25.8 Å².